The Labute approximate surface area is 232 Å². The number of benzene rings is 2. The van der Waals surface area contributed by atoms with E-state index < -0.39 is 17.8 Å². The Bertz CT molecular complexity index is 1560. The van der Waals surface area contributed by atoms with E-state index in [1.807, 2.05) is 74.6 Å². The average molecular weight is 539 g/mol. The molecule has 40 heavy (non-hydrogen) atoms. The fraction of sp³-hybridized carbons (Fsp3) is 0.258. The number of esters is 1. The Morgan fingerprint density at radius 3 is 2.50 bits per heavy atom. The van der Waals surface area contributed by atoms with E-state index >= 15 is 0 Å². The molecule has 0 N–H and O–H groups in total. The van der Waals surface area contributed by atoms with Crippen LogP contribution in [-0.2, 0) is 19.1 Å². The van der Waals surface area contributed by atoms with E-state index in [1.54, 1.807) is 17.7 Å². The first-order valence-electron chi connectivity index (χ1n) is 13.0. The monoisotopic (exact) mass is 538 g/mol. The van der Waals surface area contributed by atoms with Crippen LogP contribution in [0, 0.1) is 18.3 Å². The minimum absolute atomic E-state index is 0.00881. The second kappa shape index (κ2) is 12.3. The zero-order chi connectivity index (χ0) is 28.8. The van der Waals surface area contributed by atoms with Gasteiger partial charge in [-0.15, -0.1) is 0 Å². The number of rotatable bonds is 9. The first-order chi connectivity index (χ1) is 19.2. The molecule has 0 unspecified atom stereocenters. The first-order valence-corrected chi connectivity index (χ1v) is 13.0. The van der Waals surface area contributed by atoms with E-state index in [2.05, 4.69) is 0 Å². The lowest BCUT2D eigenvalue weighted by atomic mass is 9.92. The van der Waals surface area contributed by atoms with Gasteiger partial charge in [-0.3, -0.25) is 19.3 Å². The third-order valence-corrected chi connectivity index (χ3v) is 6.48. The van der Waals surface area contributed by atoms with Gasteiger partial charge < -0.3 is 9.47 Å². The van der Waals surface area contributed by atoms with Crippen molar-refractivity contribution in [3.63, 3.8) is 0 Å². The van der Waals surface area contributed by atoms with Crippen LogP contribution < -0.4 is 4.74 Å². The third kappa shape index (κ3) is 5.86. The molecule has 9 heteroatoms. The van der Waals surface area contributed by atoms with E-state index in [4.69, 9.17) is 14.6 Å². The van der Waals surface area contributed by atoms with Crippen molar-refractivity contribution in [2.75, 3.05) is 19.8 Å². The van der Waals surface area contributed by atoms with Crippen molar-refractivity contribution in [2.24, 2.45) is 0 Å². The molecular formula is C31H30N4O5. The van der Waals surface area contributed by atoms with Crippen LogP contribution in [0.2, 0.25) is 0 Å². The van der Waals surface area contributed by atoms with Crippen molar-refractivity contribution in [2.45, 2.75) is 34.1 Å². The van der Waals surface area contributed by atoms with Crippen LogP contribution in [0.1, 0.15) is 38.3 Å². The number of amides is 2. The van der Waals surface area contributed by atoms with Gasteiger partial charge in [-0.25, -0.2) is 4.68 Å². The molecule has 2 heterocycles. The molecule has 4 rings (SSSR count). The number of carbonyl (C=O) groups excluding carboxylic acids is 3. The number of nitriles is 1. The summed E-state index contributed by atoms with van der Waals surface area (Å²) >= 11 is 0. The number of nitrogens with zero attached hydrogens (tertiary/aromatic N) is 4. The van der Waals surface area contributed by atoms with Crippen molar-refractivity contribution in [1.29, 1.82) is 5.26 Å². The Morgan fingerprint density at radius 2 is 1.85 bits per heavy atom. The predicted molar refractivity (Wildman–Crippen MR) is 149 cm³/mol. The van der Waals surface area contributed by atoms with Crippen molar-refractivity contribution in [1.82, 2.24) is 14.7 Å². The zero-order valence-electron chi connectivity index (χ0n) is 22.9. The Kier molecular flexibility index (Phi) is 8.60. The molecule has 0 saturated carbocycles. The van der Waals surface area contributed by atoms with Crippen molar-refractivity contribution < 1.29 is 23.9 Å². The van der Waals surface area contributed by atoms with Gasteiger partial charge in [0, 0.05) is 36.4 Å². The molecule has 1 aliphatic rings. The fourth-order valence-corrected chi connectivity index (χ4v) is 4.50. The normalized spacial score (nSPS) is 14.5. The molecule has 1 aliphatic heterocycles. The highest BCUT2D eigenvalue weighted by Gasteiger charge is 2.35. The quantitative estimate of drug-likeness (QED) is 0.166. The highest BCUT2D eigenvalue weighted by atomic mass is 16.5. The van der Waals surface area contributed by atoms with Gasteiger partial charge in [-0.2, -0.15) is 10.4 Å². The van der Waals surface area contributed by atoms with Crippen LogP contribution in [-0.4, -0.2) is 52.2 Å². The molecule has 9 nitrogen and oxygen atoms in total. The molecule has 0 aliphatic carbocycles. The lowest BCUT2D eigenvalue weighted by Gasteiger charge is -2.27. The molecule has 2 amide bonds. The largest absolute Gasteiger partial charge is 0.494 e. The highest BCUT2D eigenvalue weighted by molar-refractivity contribution is 6.19. The number of hydrogen-bond acceptors (Lipinski definition) is 7. The highest BCUT2D eigenvalue weighted by Crippen LogP contribution is 2.33. The SMILES string of the molecule is CCOc1ccc(-c2nn(-c3ccccc3)cc2/C=C2/C(=O)N(CCCOC(C)=O)C(=O)C(C#N)=C2C)c(C)c1. The van der Waals surface area contributed by atoms with E-state index in [0.717, 1.165) is 27.5 Å². The maximum atomic E-state index is 13.6. The molecule has 3 aromatic rings. The van der Waals surface area contributed by atoms with Gasteiger partial charge in [0.25, 0.3) is 11.8 Å². The van der Waals surface area contributed by atoms with Crippen molar-refractivity contribution in [3.05, 3.63) is 82.6 Å². The lowest BCUT2D eigenvalue weighted by molar-refractivity contribution is -0.141. The van der Waals surface area contributed by atoms with E-state index in [0.29, 0.717) is 23.4 Å². The summed E-state index contributed by atoms with van der Waals surface area (Å²) in [5.74, 6) is -0.884. The van der Waals surface area contributed by atoms with Gasteiger partial charge in [-0.1, -0.05) is 18.2 Å². The van der Waals surface area contributed by atoms with Crippen LogP contribution >= 0.6 is 0 Å². The minimum Gasteiger partial charge on any atom is -0.494 e. The number of carbonyl (C=O) groups is 3. The van der Waals surface area contributed by atoms with Crippen LogP contribution in [0.15, 0.2) is 71.4 Å². The summed E-state index contributed by atoms with van der Waals surface area (Å²) in [6.45, 7) is 7.38. The molecule has 0 bridgehead atoms. The number of aromatic nitrogens is 2. The summed E-state index contributed by atoms with van der Waals surface area (Å²) < 4.78 is 12.3. The zero-order valence-corrected chi connectivity index (χ0v) is 22.9. The van der Waals surface area contributed by atoms with Crippen LogP contribution in [0.3, 0.4) is 0 Å². The molecule has 204 valence electrons. The topological polar surface area (TPSA) is 115 Å². The van der Waals surface area contributed by atoms with Crippen molar-refractivity contribution in [3.8, 4) is 28.8 Å². The smallest absolute Gasteiger partial charge is 0.302 e. The number of para-hydroxylation sites is 1. The molecule has 0 fully saturated rings. The Hall–Kier alpha value is -4.97. The van der Waals surface area contributed by atoms with Gasteiger partial charge in [0.15, 0.2) is 0 Å². The second-order valence-corrected chi connectivity index (χ2v) is 9.25. The van der Waals surface area contributed by atoms with Gasteiger partial charge in [0.1, 0.15) is 23.1 Å². The molecule has 0 saturated heterocycles. The summed E-state index contributed by atoms with van der Waals surface area (Å²) in [7, 11) is 0. The fourth-order valence-electron chi connectivity index (χ4n) is 4.50. The van der Waals surface area contributed by atoms with Crippen LogP contribution in [0.4, 0.5) is 0 Å². The molecule has 2 aromatic carbocycles. The summed E-state index contributed by atoms with van der Waals surface area (Å²) in [6, 6.07) is 17.3. The Morgan fingerprint density at radius 1 is 1.10 bits per heavy atom. The van der Waals surface area contributed by atoms with Crippen LogP contribution in [0.5, 0.6) is 5.75 Å². The standard InChI is InChI=1S/C31H30N4O5/c1-5-39-25-12-13-26(20(2)16-25)29-23(19-35(33-29)24-10-7-6-8-11-24)17-27-21(3)28(18-32)31(38)34(30(27)37)14-9-15-40-22(4)36/h6-8,10-13,16-17,19H,5,9,14-15H2,1-4H3/b27-17+. The van der Waals surface area contributed by atoms with Gasteiger partial charge in [-0.05, 0) is 74.7 Å². The maximum Gasteiger partial charge on any atom is 0.302 e. The Balaban J connectivity index is 1.82. The van der Waals surface area contributed by atoms with E-state index in [9.17, 15) is 19.6 Å². The third-order valence-electron chi connectivity index (χ3n) is 6.48. The van der Waals surface area contributed by atoms with Gasteiger partial charge in [0.05, 0.1) is 18.9 Å². The molecule has 0 atom stereocenters. The number of hydrogen-bond donors (Lipinski definition) is 0. The molecule has 0 radical (unpaired) electrons. The van der Waals surface area contributed by atoms with E-state index in [1.165, 1.54) is 6.92 Å². The summed E-state index contributed by atoms with van der Waals surface area (Å²) in [6.07, 6.45) is 3.75. The van der Waals surface area contributed by atoms with Crippen LogP contribution in [0.25, 0.3) is 23.0 Å². The van der Waals surface area contributed by atoms with E-state index in [-0.39, 0.29) is 30.7 Å². The number of aryl methyl sites for hydroxylation is 1. The van der Waals surface area contributed by atoms with Gasteiger partial charge >= 0.3 is 5.97 Å². The summed E-state index contributed by atoms with van der Waals surface area (Å²) in [5, 5.41) is 14.6. The second-order valence-electron chi connectivity index (χ2n) is 9.25. The number of ether oxygens (including phenoxy) is 2. The van der Waals surface area contributed by atoms with Gasteiger partial charge in [0.2, 0.25) is 0 Å². The first kappa shape index (κ1) is 28.0. The minimum atomic E-state index is -0.660. The lowest BCUT2D eigenvalue weighted by Crippen LogP contribution is -2.43. The molecule has 1 aromatic heterocycles. The number of imide groups is 1. The summed E-state index contributed by atoms with van der Waals surface area (Å²) in [5.41, 5.74) is 4.32. The summed E-state index contributed by atoms with van der Waals surface area (Å²) in [4.78, 5) is 38.7. The molecule has 0 spiro atoms. The average Bonchev–Trinajstić information content (AvgIpc) is 3.35. The predicted octanol–water partition coefficient (Wildman–Crippen LogP) is 4.79. The maximum absolute atomic E-state index is 13.6. The van der Waals surface area contributed by atoms with Crippen molar-refractivity contribution >= 4 is 23.9 Å². The molecular weight excluding hydrogens is 508 g/mol.